The number of carboxylic acids is 1. The summed E-state index contributed by atoms with van der Waals surface area (Å²) in [5.74, 6) is -0.496. The van der Waals surface area contributed by atoms with Gasteiger partial charge in [0.05, 0.1) is 10.9 Å². The smallest absolute Gasteiger partial charge is 0.310 e. The lowest BCUT2D eigenvalue weighted by Crippen LogP contribution is -2.09. The summed E-state index contributed by atoms with van der Waals surface area (Å²) in [4.78, 5) is 10.9. The fourth-order valence-electron chi connectivity index (χ4n) is 1.70. The molecule has 1 aliphatic rings. The van der Waals surface area contributed by atoms with Gasteiger partial charge in [-0.15, -0.1) is 0 Å². The number of carboxylic acid groups (broad SMARTS) is 1. The van der Waals surface area contributed by atoms with E-state index < -0.39 is 11.9 Å². The second kappa shape index (κ2) is 3.87. The molecule has 0 spiro atoms. The van der Waals surface area contributed by atoms with Crippen LogP contribution >= 0.6 is 11.6 Å². The van der Waals surface area contributed by atoms with Crippen molar-refractivity contribution in [1.82, 2.24) is 0 Å². The van der Waals surface area contributed by atoms with E-state index in [1.54, 1.807) is 19.9 Å². The van der Waals surface area contributed by atoms with Crippen LogP contribution in [-0.4, -0.2) is 17.9 Å². The molecule has 86 valence electrons. The molecule has 2 rings (SSSR count). The molecular weight excluding hydrogens is 232 g/mol. The molecule has 1 unspecified atom stereocenters. The average Bonchev–Trinajstić information content (AvgIpc) is 2.70. The van der Waals surface area contributed by atoms with Crippen molar-refractivity contribution in [1.29, 1.82) is 0 Å². The van der Waals surface area contributed by atoms with E-state index in [4.69, 9.17) is 26.2 Å². The Balaban J connectivity index is 2.56. The first-order valence-electron chi connectivity index (χ1n) is 4.83. The van der Waals surface area contributed by atoms with Crippen LogP contribution in [0.3, 0.4) is 0 Å². The number of benzene rings is 1. The molecule has 0 aliphatic carbocycles. The molecule has 1 atom stereocenters. The van der Waals surface area contributed by atoms with E-state index >= 15 is 0 Å². The molecule has 0 saturated carbocycles. The maximum absolute atomic E-state index is 10.9. The van der Waals surface area contributed by atoms with E-state index in [-0.39, 0.29) is 6.79 Å². The third-order valence-corrected chi connectivity index (χ3v) is 3.18. The number of aliphatic carboxylic acids is 1. The highest BCUT2D eigenvalue weighted by atomic mass is 35.5. The zero-order chi connectivity index (χ0) is 11.9. The van der Waals surface area contributed by atoms with Crippen LogP contribution in [0.25, 0.3) is 0 Å². The molecule has 4 nitrogen and oxygen atoms in total. The summed E-state index contributed by atoms with van der Waals surface area (Å²) in [6, 6.07) is 1.68. The summed E-state index contributed by atoms with van der Waals surface area (Å²) < 4.78 is 10.4. The molecule has 1 aromatic carbocycles. The highest BCUT2D eigenvalue weighted by Crippen LogP contribution is 2.44. The zero-order valence-electron chi connectivity index (χ0n) is 8.91. The Labute approximate surface area is 97.7 Å². The predicted octanol–water partition coefficient (Wildman–Crippen LogP) is 2.57. The van der Waals surface area contributed by atoms with Gasteiger partial charge in [-0.3, -0.25) is 4.79 Å². The van der Waals surface area contributed by atoms with Crippen molar-refractivity contribution in [2.24, 2.45) is 0 Å². The number of hydrogen-bond donors (Lipinski definition) is 1. The molecule has 0 aromatic heterocycles. The molecule has 1 aromatic rings. The molecule has 1 aliphatic heterocycles. The Hall–Kier alpha value is -1.42. The van der Waals surface area contributed by atoms with Gasteiger partial charge in [0, 0.05) is 0 Å². The van der Waals surface area contributed by atoms with Crippen LogP contribution < -0.4 is 9.47 Å². The Morgan fingerprint density at radius 3 is 2.88 bits per heavy atom. The number of hydrogen-bond acceptors (Lipinski definition) is 3. The molecule has 0 saturated heterocycles. The molecule has 0 bridgehead atoms. The SMILES string of the molecule is Cc1c(C(C)C(=O)O)cc2c(c1Cl)OCO2. The van der Waals surface area contributed by atoms with Crippen molar-refractivity contribution in [3.05, 3.63) is 22.2 Å². The standard InChI is InChI=1S/C11H11ClO4/c1-5-7(6(2)11(13)14)3-8-10(9(5)12)16-4-15-8/h3,6H,4H2,1-2H3,(H,13,14). The normalized spacial score (nSPS) is 14.9. The van der Waals surface area contributed by atoms with Crippen molar-refractivity contribution < 1.29 is 19.4 Å². The third-order valence-electron chi connectivity index (χ3n) is 2.73. The average molecular weight is 243 g/mol. The number of rotatable bonds is 2. The van der Waals surface area contributed by atoms with Crippen LogP contribution in [0.1, 0.15) is 24.0 Å². The van der Waals surface area contributed by atoms with Gasteiger partial charge in [0.2, 0.25) is 6.79 Å². The van der Waals surface area contributed by atoms with Gasteiger partial charge in [0.1, 0.15) is 0 Å². The second-order valence-electron chi connectivity index (χ2n) is 3.70. The maximum Gasteiger partial charge on any atom is 0.310 e. The van der Waals surface area contributed by atoms with E-state index in [2.05, 4.69) is 0 Å². The van der Waals surface area contributed by atoms with E-state index in [0.29, 0.717) is 22.1 Å². The van der Waals surface area contributed by atoms with Crippen molar-refractivity contribution >= 4 is 17.6 Å². The molecule has 1 heterocycles. The minimum absolute atomic E-state index is 0.124. The first kappa shape index (κ1) is 11.1. The number of carbonyl (C=O) groups is 1. The van der Waals surface area contributed by atoms with Gasteiger partial charge >= 0.3 is 5.97 Å². The maximum atomic E-state index is 10.9. The van der Waals surface area contributed by atoms with Crippen LogP contribution in [0, 0.1) is 6.92 Å². The highest BCUT2D eigenvalue weighted by Gasteiger charge is 2.25. The second-order valence-corrected chi connectivity index (χ2v) is 4.08. The van der Waals surface area contributed by atoms with Gasteiger partial charge in [0.25, 0.3) is 0 Å². The van der Waals surface area contributed by atoms with Gasteiger partial charge in [-0.2, -0.15) is 0 Å². The summed E-state index contributed by atoms with van der Waals surface area (Å²) in [7, 11) is 0. The van der Waals surface area contributed by atoms with Crippen LogP contribution in [0.15, 0.2) is 6.07 Å². The van der Waals surface area contributed by atoms with Gasteiger partial charge in [-0.05, 0) is 31.0 Å². The molecule has 1 N–H and O–H groups in total. The van der Waals surface area contributed by atoms with Gasteiger partial charge < -0.3 is 14.6 Å². The topological polar surface area (TPSA) is 55.8 Å². The Bertz CT molecular complexity index is 456. The Morgan fingerprint density at radius 1 is 1.56 bits per heavy atom. The summed E-state index contributed by atoms with van der Waals surface area (Å²) in [6.07, 6.45) is 0. The fourth-order valence-corrected chi connectivity index (χ4v) is 1.95. The van der Waals surface area contributed by atoms with Gasteiger partial charge in [-0.1, -0.05) is 11.6 Å². The van der Waals surface area contributed by atoms with Gasteiger partial charge in [0.15, 0.2) is 11.5 Å². The number of ether oxygens (including phenoxy) is 2. The first-order valence-corrected chi connectivity index (χ1v) is 5.21. The molecule has 0 radical (unpaired) electrons. The number of fused-ring (bicyclic) bond motifs is 1. The van der Waals surface area contributed by atoms with Crippen LogP contribution in [0.5, 0.6) is 11.5 Å². The highest BCUT2D eigenvalue weighted by molar-refractivity contribution is 6.33. The van der Waals surface area contributed by atoms with E-state index in [9.17, 15) is 4.79 Å². The minimum atomic E-state index is -0.891. The fraction of sp³-hybridized carbons (Fsp3) is 0.364. The molecule has 0 amide bonds. The summed E-state index contributed by atoms with van der Waals surface area (Å²) in [5.41, 5.74) is 1.38. The van der Waals surface area contributed by atoms with Crippen molar-refractivity contribution in [3.63, 3.8) is 0 Å². The zero-order valence-corrected chi connectivity index (χ0v) is 9.67. The van der Waals surface area contributed by atoms with E-state index in [1.165, 1.54) is 0 Å². The van der Waals surface area contributed by atoms with Crippen molar-refractivity contribution in [2.75, 3.05) is 6.79 Å². The van der Waals surface area contributed by atoms with Gasteiger partial charge in [-0.25, -0.2) is 0 Å². The summed E-state index contributed by atoms with van der Waals surface area (Å²) >= 11 is 6.09. The summed E-state index contributed by atoms with van der Waals surface area (Å²) in [6.45, 7) is 3.52. The first-order chi connectivity index (χ1) is 7.52. The van der Waals surface area contributed by atoms with Crippen LogP contribution in [-0.2, 0) is 4.79 Å². The third kappa shape index (κ3) is 1.59. The van der Waals surface area contributed by atoms with Crippen LogP contribution in [0.4, 0.5) is 0 Å². The molecule has 0 fully saturated rings. The summed E-state index contributed by atoms with van der Waals surface area (Å²) in [5, 5.41) is 9.41. The quantitative estimate of drug-likeness (QED) is 0.866. The minimum Gasteiger partial charge on any atom is -0.481 e. The lowest BCUT2D eigenvalue weighted by molar-refractivity contribution is -0.138. The lowest BCUT2D eigenvalue weighted by atomic mass is 9.96. The molecule has 16 heavy (non-hydrogen) atoms. The van der Waals surface area contributed by atoms with Crippen LogP contribution in [0.2, 0.25) is 5.02 Å². The lowest BCUT2D eigenvalue weighted by Gasteiger charge is -2.13. The van der Waals surface area contributed by atoms with Crippen molar-refractivity contribution in [3.8, 4) is 11.5 Å². The molecule has 5 heteroatoms. The van der Waals surface area contributed by atoms with Crippen molar-refractivity contribution in [2.45, 2.75) is 19.8 Å². The monoisotopic (exact) mass is 242 g/mol. The Kier molecular flexibility index (Phi) is 2.68. The van der Waals surface area contributed by atoms with E-state index in [0.717, 1.165) is 5.56 Å². The predicted molar refractivity (Wildman–Crippen MR) is 58.4 cm³/mol. The van der Waals surface area contributed by atoms with E-state index in [1.807, 2.05) is 0 Å². The number of halogens is 1. The Morgan fingerprint density at radius 2 is 2.25 bits per heavy atom. The largest absolute Gasteiger partial charge is 0.481 e. The molecular formula is C11H11ClO4.